The second-order valence-electron chi connectivity index (χ2n) is 5.14. The standard InChI is InChI=1S/C13H16ClNO2/c1-8-6-9(14)4-5-10(8)11-13(2,3)7-17-12(16)15-11/h4-6,11H,7H2,1-3H3,(H,15,16)/t11-/m0/s1. The molecule has 0 aromatic heterocycles. The van der Waals surface area contributed by atoms with Gasteiger partial charge in [0.1, 0.15) is 6.61 Å². The molecule has 1 aromatic carbocycles. The summed E-state index contributed by atoms with van der Waals surface area (Å²) < 4.78 is 5.03. The van der Waals surface area contributed by atoms with E-state index in [1.807, 2.05) is 25.1 Å². The number of carbonyl (C=O) groups excluding carboxylic acids is 1. The van der Waals surface area contributed by atoms with Crippen molar-refractivity contribution in [2.24, 2.45) is 5.41 Å². The minimum Gasteiger partial charge on any atom is -0.449 e. The minimum atomic E-state index is -0.358. The molecule has 0 saturated carbocycles. The highest BCUT2D eigenvalue weighted by atomic mass is 35.5. The van der Waals surface area contributed by atoms with Crippen LogP contribution in [0.2, 0.25) is 5.02 Å². The summed E-state index contributed by atoms with van der Waals surface area (Å²) in [6, 6.07) is 5.69. The average molecular weight is 254 g/mol. The molecule has 1 amide bonds. The van der Waals surface area contributed by atoms with Crippen LogP contribution in [0, 0.1) is 12.3 Å². The summed E-state index contributed by atoms with van der Waals surface area (Å²) in [6.45, 7) is 6.57. The van der Waals surface area contributed by atoms with Crippen molar-refractivity contribution in [1.82, 2.24) is 5.32 Å². The van der Waals surface area contributed by atoms with Crippen molar-refractivity contribution in [2.75, 3.05) is 6.61 Å². The van der Waals surface area contributed by atoms with E-state index in [1.54, 1.807) is 0 Å². The van der Waals surface area contributed by atoms with Crippen LogP contribution in [0.1, 0.15) is 31.0 Å². The summed E-state index contributed by atoms with van der Waals surface area (Å²) in [4.78, 5) is 11.4. The lowest BCUT2D eigenvalue weighted by atomic mass is 9.79. The second-order valence-corrected chi connectivity index (χ2v) is 5.58. The predicted octanol–water partition coefficient (Wildman–Crippen LogP) is 3.46. The monoisotopic (exact) mass is 253 g/mol. The fourth-order valence-electron chi connectivity index (χ4n) is 2.15. The number of aryl methyl sites for hydroxylation is 1. The highest BCUT2D eigenvalue weighted by Gasteiger charge is 2.38. The Balaban J connectivity index is 2.39. The van der Waals surface area contributed by atoms with Crippen molar-refractivity contribution in [1.29, 1.82) is 0 Å². The number of ether oxygens (including phenoxy) is 1. The molecule has 1 aliphatic rings. The number of nitrogens with one attached hydrogen (secondary N) is 1. The minimum absolute atomic E-state index is 0.0407. The maximum atomic E-state index is 11.4. The Morgan fingerprint density at radius 2 is 2.18 bits per heavy atom. The number of hydrogen-bond acceptors (Lipinski definition) is 2. The van der Waals surface area contributed by atoms with Crippen molar-refractivity contribution >= 4 is 17.7 Å². The normalized spacial score (nSPS) is 22.8. The van der Waals surface area contributed by atoms with Crippen LogP contribution in [0.5, 0.6) is 0 Å². The van der Waals surface area contributed by atoms with E-state index in [2.05, 4.69) is 19.2 Å². The number of cyclic esters (lactones) is 1. The van der Waals surface area contributed by atoms with Gasteiger partial charge in [0.25, 0.3) is 0 Å². The first-order valence-electron chi connectivity index (χ1n) is 5.59. The van der Waals surface area contributed by atoms with Gasteiger partial charge < -0.3 is 10.1 Å². The van der Waals surface area contributed by atoms with Crippen molar-refractivity contribution in [3.8, 4) is 0 Å². The molecule has 0 unspecified atom stereocenters. The Bertz CT molecular complexity index is 457. The molecule has 17 heavy (non-hydrogen) atoms. The summed E-state index contributed by atoms with van der Waals surface area (Å²) >= 11 is 5.94. The summed E-state index contributed by atoms with van der Waals surface area (Å²) in [7, 11) is 0. The van der Waals surface area contributed by atoms with Crippen LogP contribution >= 0.6 is 11.6 Å². The number of alkyl carbamates (subject to hydrolysis) is 1. The largest absolute Gasteiger partial charge is 0.449 e. The van der Waals surface area contributed by atoms with E-state index in [-0.39, 0.29) is 17.6 Å². The maximum Gasteiger partial charge on any atom is 0.407 e. The highest BCUT2D eigenvalue weighted by Crippen LogP contribution is 2.38. The molecule has 0 radical (unpaired) electrons. The lowest BCUT2D eigenvalue weighted by Crippen LogP contribution is -2.47. The van der Waals surface area contributed by atoms with E-state index >= 15 is 0 Å². The van der Waals surface area contributed by atoms with Crippen molar-refractivity contribution in [3.63, 3.8) is 0 Å². The molecule has 1 atom stereocenters. The van der Waals surface area contributed by atoms with Gasteiger partial charge in [-0.15, -0.1) is 0 Å². The molecule has 0 bridgehead atoms. The van der Waals surface area contributed by atoms with Gasteiger partial charge in [0.15, 0.2) is 0 Å². The topological polar surface area (TPSA) is 38.3 Å². The lowest BCUT2D eigenvalue weighted by molar-refractivity contribution is 0.0386. The molecule has 1 N–H and O–H groups in total. The molecule has 1 aliphatic heterocycles. The van der Waals surface area contributed by atoms with Crippen molar-refractivity contribution in [3.05, 3.63) is 34.3 Å². The summed E-state index contributed by atoms with van der Waals surface area (Å²) in [5.74, 6) is 0. The van der Waals surface area contributed by atoms with E-state index < -0.39 is 0 Å². The predicted molar refractivity (Wildman–Crippen MR) is 67.2 cm³/mol. The molecule has 4 heteroatoms. The van der Waals surface area contributed by atoms with Crippen LogP contribution in [0.25, 0.3) is 0 Å². The van der Waals surface area contributed by atoms with Gasteiger partial charge in [0.2, 0.25) is 0 Å². The van der Waals surface area contributed by atoms with E-state index in [0.717, 1.165) is 11.1 Å². The average Bonchev–Trinajstić information content (AvgIpc) is 2.23. The quantitative estimate of drug-likeness (QED) is 0.832. The first-order chi connectivity index (χ1) is 7.90. The molecule has 0 aliphatic carbocycles. The maximum absolute atomic E-state index is 11.4. The van der Waals surface area contributed by atoms with Crippen LogP contribution < -0.4 is 5.32 Å². The molecular weight excluding hydrogens is 238 g/mol. The molecule has 92 valence electrons. The third-order valence-electron chi connectivity index (χ3n) is 3.16. The Kier molecular flexibility index (Phi) is 3.04. The van der Waals surface area contributed by atoms with Crippen LogP contribution in [0.3, 0.4) is 0 Å². The molecular formula is C13H16ClNO2. The van der Waals surface area contributed by atoms with Gasteiger partial charge in [0.05, 0.1) is 6.04 Å². The van der Waals surface area contributed by atoms with Gasteiger partial charge in [-0.3, -0.25) is 0 Å². The van der Waals surface area contributed by atoms with Crippen molar-refractivity contribution < 1.29 is 9.53 Å². The number of halogens is 1. The number of rotatable bonds is 1. The van der Waals surface area contributed by atoms with Gasteiger partial charge in [-0.2, -0.15) is 0 Å². The third kappa shape index (κ3) is 2.39. The van der Waals surface area contributed by atoms with Gasteiger partial charge >= 0.3 is 6.09 Å². The Morgan fingerprint density at radius 3 is 2.82 bits per heavy atom. The Morgan fingerprint density at radius 1 is 1.47 bits per heavy atom. The van der Waals surface area contributed by atoms with E-state index in [4.69, 9.17) is 16.3 Å². The molecule has 1 fully saturated rings. The fourth-order valence-corrected chi connectivity index (χ4v) is 2.38. The SMILES string of the molecule is Cc1cc(Cl)ccc1[C@@H]1NC(=O)OCC1(C)C. The zero-order valence-electron chi connectivity index (χ0n) is 10.2. The summed E-state index contributed by atoms with van der Waals surface area (Å²) in [5.41, 5.74) is 2.04. The first kappa shape index (κ1) is 12.2. The van der Waals surface area contributed by atoms with Crippen LogP contribution in [-0.4, -0.2) is 12.7 Å². The summed E-state index contributed by atoms with van der Waals surface area (Å²) in [5, 5.41) is 3.59. The number of hydrogen-bond donors (Lipinski definition) is 1. The zero-order valence-corrected chi connectivity index (χ0v) is 11.0. The molecule has 0 spiro atoms. The fraction of sp³-hybridized carbons (Fsp3) is 0.462. The van der Waals surface area contributed by atoms with Crippen LogP contribution in [-0.2, 0) is 4.74 Å². The van der Waals surface area contributed by atoms with Gasteiger partial charge in [-0.1, -0.05) is 31.5 Å². The zero-order chi connectivity index (χ0) is 12.6. The van der Waals surface area contributed by atoms with Gasteiger partial charge in [-0.05, 0) is 30.2 Å². The Labute approximate surface area is 106 Å². The van der Waals surface area contributed by atoms with E-state index in [0.29, 0.717) is 11.6 Å². The molecule has 2 rings (SSSR count). The number of carbonyl (C=O) groups is 1. The third-order valence-corrected chi connectivity index (χ3v) is 3.40. The Hall–Kier alpha value is -1.22. The smallest absolute Gasteiger partial charge is 0.407 e. The molecule has 1 aromatic rings. The summed E-state index contributed by atoms with van der Waals surface area (Å²) in [6.07, 6.45) is -0.358. The molecule has 3 nitrogen and oxygen atoms in total. The number of benzene rings is 1. The van der Waals surface area contributed by atoms with Crippen LogP contribution in [0.15, 0.2) is 18.2 Å². The lowest BCUT2D eigenvalue weighted by Gasteiger charge is -2.39. The first-order valence-corrected chi connectivity index (χ1v) is 5.97. The second kappa shape index (κ2) is 4.22. The van der Waals surface area contributed by atoms with Crippen molar-refractivity contribution in [2.45, 2.75) is 26.8 Å². The van der Waals surface area contributed by atoms with Gasteiger partial charge in [0, 0.05) is 10.4 Å². The molecule has 1 saturated heterocycles. The molecule has 1 heterocycles. The number of amides is 1. The van der Waals surface area contributed by atoms with Crippen LogP contribution in [0.4, 0.5) is 4.79 Å². The van der Waals surface area contributed by atoms with Gasteiger partial charge in [-0.25, -0.2) is 4.79 Å². The van der Waals surface area contributed by atoms with E-state index in [1.165, 1.54) is 0 Å². The highest BCUT2D eigenvalue weighted by molar-refractivity contribution is 6.30. The van der Waals surface area contributed by atoms with E-state index in [9.17, 15) is 4.79 Å².